The number of aryl methyl sites for hydroxylation is 3. The van der Waals surface area contributed by atoms with Crippen LogP contribution in [0, 0.1) is 13.8 Å². The van der Waals surface area contributed by atoms with E-state index in [2.05, 4.69) is 35.0 Å². The minimum absolute atomic E-state index is 0.590. The zero-order chi connectivity index (χ0) is 18.2. The molecule has 25 heavy (non-hydrogen) atoms. The molecule has 5 nitrogen and oxygen atoms in total. The van der Waals surface area contributed by atoms with Gasteiger partial charge >= 0.3 is 0 Å². The van der Waals surface area contributed by atoms with Crippen molar-refractivity contribution in [2.75, 3.05) is 20.3 Å². The minimum atomic E-state index is 0.590. The Morgan fingerprint density at radius 1 is 1.24 bits per heavy atom. The fraction of sp³-hybridized carbons (Fsp3) is 0.526. The Morgan fingerprint density at radius 3 is 2.68 bits per heavy atom. The zero-order valence-electron chi connectivity index (χ0n) is 15.6. The molecule has 0 bridgehead atoms. The lowest BCUT2D eigenvalue weighted by molar-refractivity contribution is 0.294. The van der Waals surface area contributed by atoms with Crippen molar-refractivity contribution in [2.24, 2.45) is 0 Å². The molecular weight excluding hydrogens is 338 g/mol. The van der Waals surface area contributed by atoms with Crippen LogP contribution in [0.25, 0.3) is 0 Å². The highest BCUT2D eigenvalue weighted by molar-refractivity contribution is 6.32. The van der Waals surface area contributed by atoms with Gasteiger partial charge in [0.2, 0.25) is 0 Å². The summed E-state index contributed by atoms with van der Waals surface area (Å²) in [7, 11) is 1.64. The molecule has 0 unspecified atom stereocenters. The van der Waals surface area contributed by atoms with E-state index in [1.54, 1.807) is 7.11 Å². The number of aromatic nitrogens is 2. The Morgan fingerprint density at radius 2 is 2.04 bits per heavy atom. The van der Waals surface area contributed by atoms with Gasteiger partial charge in [-0.2, -0.15) is 5.10 Å². The van der Waals surface area contributed by atoms with Gasteiger partial charge in [-0.3, -0.25) is 4.68 Å². The topological polar surface area (TPSA) is 48.3 Å². The fourth-order valence-electron chi connectivity index (χ4n) is 2.71. The number of hydrogen-bond acceptors (Lipinski definition) is 4. The van der Waals surface area contributed by atoms with E-state index in [0.29, 0.717) is 23.1 Å². The number of nitrogens with zero attached hydrogens (tertiary/aromatic N) is 2. The first-order chi connectivity index (χ1) is 12.0. The van der Waals surface area contributed by atoms with E-state index in [1.807, 2.05) is 19.1 Å². The molecular formula is C19H28ClN3O2. The quantitative estimate of drug-likeness (QED) is 0.643. The number of methoxy groups -OCH3 is 1. The maximum absolute atomic E-state index is 6.34. The molecule has 0 aliphatic heterocycles. The number of ether oxygens (including phenoxy) is 2. The SMILES string of the molecule is CCCOc1c(Cl)cc(CNCCCn2nc(C)cc2C)cc1OC. The van der Waals surface area contributed by atoms with E-state index < -0.39 is 0 Å². The van der Waals surface area contributed by atoms with Gasteiger partial charge in [0, 0.05) is 18.8 Å². The fourth-order valence-corrected chi connectivity index (χ4v) is 3.00. The monoisotopic (exact) mass is 365 g/mol. The maximum atomic E-state index is 6.34. The molecule has 0 saturated heterocycles. The van der Waals surface area contributed by atoms with Crippen LogP contribution in [0.2, 0.25) is 5.02 Å². The molecule has 0 aliphatic carbocycles. The lowest BCUT2D eigenvalue weighted by Gasteiger charge is -2.14. The second kappa shape index (κ2) is 9.68. The predicted octanol–water partition coefficient (Wildman–Crippen LogP) is 4.13. The molecule has 0 atom stereocenters. The summed E-state index contributed by atoms with van der Waals surface area (Å²) in [4.78, 5) is 0. The summed E-state index contributed by atoms with van der Waals surface area (Å²) in [5.74, 6) is 1.31. The lowest BCUT2D eigenvalue weighted by atomic mass is 10.2. The van der Waals surface area contributed by atoms with E-state index in [9.17, 15) is 0 Å². The molecule has 0 spiro atoms. The third-order valence-corrected chi connectivity index (χ3v) is 4.18. The Bertz CT molecular complexity index is 686. The van der Waals surface area contributed by atoms with E-state index in [-0.39, 0.29) is 0 Å². The summed E-state index contributed by atoms with van der Waals surface area (Å²) < 4.78 is 13.1. The summed E-state index contributed by atoms with van der Waals surface area (Å²) in [6.45, 7) is 9.36. The van der Waals surface area contributed by atoms with Gasteiger partial charge in [-0.25, -0.2) is 0 Å². The lowest BCUT2D eigenvalue weighted by Crippen LogP contribution is -2.17. The molecule has 2 aromatic rings. The van der Waals surface area contributed by atoms with Gasteiger partial charge in [0.25, 0.3) is 0 Å². The van der Waals surface area contributed by atoms with Gasteiger partial charge in [-0.05, 0) is 57.0 Å². The number of nitrogens with one attached hydrogen (secondary N) is 1. The van der Waals surface area contributed by atoms with Crippen LogP contribution in [0.5, 0.6) is 11.5 Å². The highest BCUT2D eigenvalue weighted by atomic mass is 35.5. The average molecular weight is 366 g/mol. The highest BCUT2D eigenvalue weighted by Gasteiger charge is 2.11. The van der Waals surface area contributed by atoms with Crippen LogP contribution < -0.4 is 14.8 Å². The Kier molecular flexibility index (Phi) is 7.59. The van der Waals surface area contributed by atoms with E-state index in [1.165, 1.54) is 5.69 Å². The molecule has 1 aromatic carbocycles. The van der Waals surface area contributed by atoms with Gasteiger partial charge in [-0.1, -0.05) is 18.5 Å². The second-order valence-corrected chi connectivity index (χ2v) is 6.55. The van der Waals surface area contributed by atoms with Crippen molar-refractivity contribution in [3.63, 3.8) is 0 Å². The molecule has 6 heteroatoms. The number of rotatable bonds is 10. The summed E-state index contributed by atoms with van der Waals surface area (Å²) in [5, 5.41) is 8.51. The number of hydrogen-bond donors (Lipinski definition) is 1. The molecule has 0 saturated carbocycles. The first-order valence-electron chi connectivity index (χ1n) is 8.76. The van der Waals surface area contributed by atoms with Gasteiger partial charge in [0.1, 0.15) is 0 Å². The number of halogens is 1. The van der Waals surface area contributed by atoms with Crippen molar-refractivity contribution in [2.45, 2.75) is 46.7 Å². The van der Waals surface area contributed by atoms with Crippen molar-refractivity contribution in [3.05, 3.63) is 40.2 Å². The summed E-state index contributed by atoms with van der Waals surface area (Å²) in [5.41, 5.74) is 3.35. The largest absolute Gasteiger partial charge is 0.493 e. The average Bonchev–Trinajstić information content (AvgIpc) is 2.90. The number of benzene rings is 1. The zero-order valence-corrected chi connectivity index (χ0v) is 16.3. The summed E-state index contributed by atoms with van der Waals surface area (Å²) in [6.07, 6.45) is 1.95. The third kappa shape index (κ3) is 5.65. The molecule has 1 N–H and O–H groups in total. The van der Waals surface area contributed by atoms with Crippen LogP contribution in [0.4, 0.5) is 0 Å². The molecule has 1 heterocycles. The van der Waals surface area contributed by atoms with E-state index >= 15 is 0 Å². The third-order valence-electron chi connectivity index (χ3n) is 3.90. The van der Waals surface area contributed by atoms with Crippen LogP contribution in [0.3, 0.4) is 0 Å². The Balaban J connectivity index is 1.84. The molecule has 0 radical (unpaired) electrons. The van der Waals surface area contributed by atoms with Gasteiger partial charge in [-0.15, -0.1) is 0 Å². The molecule has 1 aromatic heterocycles. The van der Waals surface area contributed by atoms with Crippen molar-refractivity contribution < 1.29 is 9.47 Å². The minimum Gasteiger partial charge on any atom is -0.493 e. The van der Waals surface area contributed by atoms with Gasteiger partial charge in [0.05, 0.1) is 24.4 Å². The molecule has 138 valence electrons. The van der Waals surface area contributed by atoms with Crippen molar-refractivity contribution in [1.29, 1.82) is 0 Å². The first kappa shape index (κ1) is 19.6. The second-order valence-electron chi connectivity index (χ2n) is 6.14. The first-order valence-corrected chi connectivity index (χ1v) is 9.14. The van der Waals surface area contributed by atoms with Crippen LogP contribution in [-0.2, 0) is 13.1 Å². The van der Waals surface area contributed by atoms with Crippen LogP contribution in [0.15, 0.2) is 18.2 Å². The van der Waals surface area contributed by atoms with Crippen molar-refractivity contribution >= 4 is 11.6 Å². The smallest absolute Gasteiger partial charge is 0.179 e. The van der Waals surface area contributed by atoms with E-state index in [0.717, 1.165) is 43.7 Å². The van der Waals surface area contributed by atoms with Crippen molar-refractivity contribution in [1.82, 2.24) is 15.1 Å². The summed E-state index contributed by atoms with van der Waals surface area (Å²) in [6, 6.07) is 6.01. The van der Waals surface area contributed by atoms with Crippen LogP contribution >= 0.6 is 11.6 Å². The normalized spacial score (nSPS) is 10.9. The van der Waals surface area contributed by atoms with Crippen molar-refractivity contribution in [3.8, 4) is 11.5 Å². The Labute approximate surface area is 155 Å². The molecule has 0 amide bonds. The van der Waals surface area contributed by atoms with Gasteiger partial charge in [0.15, 0.2) is 11.5 Å². The van der Waals surface area contributed by atoms with Crippen LogP contribution in [0.1, 0.15) is 36.7 Å². The highest BCUT2D eigenvalue weighted by Crippen LogP contribution is 2.36. The Hall–Kier alpha value is -1.72. The summed E-state index contributed by atoms with van der Waals surface area (Å²) >= 11 is 6.34. The molecule has 2 rings (SSSR count). The standard InChI is InChI=1S/C19H28ClN3O2/c1-5-9-25-19-17(20)11-16(12-18(19)24-4)13-21-7-6-8-23-15(3)10-14(2)22-23/h10-12,21H,5-9,13H2,1-4H3. The van der Waals surface area contributed by atoms with Crippen LogP contribution in [-0.4, -0.2) is 30.0 Å². The predicted molar refractivity (Wildman–Crippen MR) is 102 cm³/mol. The molecule has 0 fully saturated rings. The molecule has 0 aliphatic rings. The maximum Gasteiger partial charge on any atom is 0.179 e. The van der Waals surface area contributed by atoms with Gasteiger partial charge < -0.3 is 14.8 Å². The van der Waals surface area contributed by atoms with E-state index in [4.69, 9.17) is 21.1 Å².